The highest BCUT2D eigenvalue weighted by Gasteiger charge is 2.27. The van der Waals surface area contributed by atoms with Crippen molar-refractivity contribution in [3.8, 4) is 5.69 Å². The first-order valence-corrected chi connectivity index (χ1v) is 8.12. The molecule has 1 saturated heterocycles. The summed E-state index contributed by atoms with van der Waals surface area (Å²) in [6, 6.07) is 9.79. The number of ether oxygens (including phenoxy) is 1. The van der Waals surface area contributed by atoms with E-state index in [1.165, 1.54) is 7.11 Å². The fourth-order valence-electron chi connectivity index (χ4n) is 2.99. The van der Waals surface area contributed by atoms with Crippen molar-refractivity contribution in [2.75, 3.05) is 20.2 Å². The zero-order valence-electron chi connectivity index (χ0n) is 13.7. The molecule has 6 nitrogen and oxygen atoms in total. The summed E-state index contributed by atoms with van der Waals surface area (Å²) in [5, 5.41) is 4.32. The molecule has 2 heterocycles. The molecule has 0 saturated carbocycles. The van der Waals surface area contributed by atoms with Crippen LogP contribution >= 0.6 is 0 Å². The predicted octanol–water partition coefficient (Wildman–Crippen LogP) is 1.83. The lowest BCUT2D eigenvalue weighted by Crippen LogP contribution is -2.41. The number of amides is 1. The number of esters is 1. The van der Waals surface area contributed by atoms with Gasteiger partial charge in [0.25, 0.3) is 0 Å². The number of benzene rings is 1. The summed E-state index contributed by atoms with van der Waals surface area (Å²) in [7, 11) is 1.41. The molecule has 0 N–H and O–H groups in total. The van der Waals surface area contributed by atoms with E-state index in [4.69, 9.17) is 4.74 Å². The maximum atomic E-state index is 12.4. The number of para-hydroxylation sites is 1. The molecule has 1 aliphatic rings. The first kappa shape index (κ1) is 16.2. The summed E-state index contributed by atoms with van der Waals surface area (Å²) in [6.45, 7) is 1.21. The first-order chi connectivity index (χ1) is 11.7. The molecule has 2 aromatic rings. The summed E-state index contributed by atoms with van der Waals surface area (Å²) in [4.78, 5) is 25.8. The Morgan fingerprint density at radius 2 is 1.92 bits per heavy atom. The van der Waals surface area contributed by atoms with Crippen LogP contribution in [0.3, 0.4) is 0 Å². The number of piperidine rings is 1. The molecule has 0 atom stereocenters. The van der Waals surface area contributed by atoms with Crippen LogP contribution in [0.5, 0.6) is 0 Å². The molecule has 126 valence electrons. The largest absolute Gasteiger partial charge is 0.469 e. The van der Waals surface area contributed by atoms with Gasteiger partial charge in [0.05, 0.1) is 31.3 Å². The molecule has 24 heavy (non-hydrogen) atoms. The quantitative estimate of drug-likeness (QED) is 0.804. The van der Waals surface area contributed by atoms with Crippen LogP contribution in [0.1, 0.15) is 18.4 Å². The molecule has 1 aromatic heterocycles. The highest BCUT2D eigenvalue weighted by atomic mass is 16.5. The van der Waals surface area contributed by atoms with Crippen LogP contribution < -0.4 is 0 Å². The minimum atomic E-state index is -0.175. The number of carbonyl (C=O) groups is 2. The Morgan fingerprint density at radius 1 is 1.21 bits per heavy atom. The Labute approximate surface area is 141 Å². The summed E-state index contributed by atoms with van der Waals surface area (Å²) < 4.78 is 6.54. The summed E-state index contributed by atoms with van der Waals surface area (Å²) in [5.41, 5.74) is 1.86. The third-order valence-corrected chi connectivity index (χ3v) is 4.39. The van der Waals surface area contributed by atoms with Gasteiger partial charge in [0.15, 0.2) is 0 Å². The van der Waals surface area contributed by atoms with Gasteiger partial charge in [-0.1, -0.05) is 18.2 Å². The predicted molar refractivity (Wildman–Crippen MR) is 88.6 cm³/mol. The zero-order chi connectivity index (χ0) is 16.9. The Balaban J connectivity index is 1.56. The van der Waals surface area contributed by atoms with Crippen LogP contribution in [0.4, 0.5) is 0 Å². The van der Waals surface area contributed by atoms with Crippen molar-refractivity contribution in [3.63, 3.8) is 0 Å². The van der Waals surface area contributed by atoms with Gasteiger partial charge in [-0.25, -0.2) is 4.68 Å². The summed E-state index contributed by atoms with van der Waals surface area (Å²) >= 11 is 0. The number of carbonyl (C=O) groups excluding carboxylic acids is 2. The molecule has 0 radical (unpaired) electrons. The van der Waals surface area contributed by atoms with Crippen LogP contribution in [0.15, 0.2) is 42.7 Å². The van der Waals surface area contributed by atoms with Gasteiger partial charge < -0.3 is 9.64 Å². The number of likely N-dealkylation sites (tertiary alicyclic amines) is 1. The Bertz CT molecular complexity index is 703. The number of hydrogen-bond acceptors (Lipinski definition) is 4. The van der Waals surface area contributed by atoms with E-state index < -0.39 is 0 Å². The van der Waals surface area contributed by atoms with Crippen molar-refractivity contribution in [2.24, 2.45) is 5.92 Å². The van der Waals surface area contributed by atoms with E-state index in [0.29, 0.717) is 32.4 Å². The second-order valence-corrected chi connectivity index (χ2v) is 5.98. The van der Waals surface area contributed by atoms with Crippen LogP contribution in [0, 0.1) is 5.92 Å². The van der Waals surface area contributed by atoms with Gasteiger partial charge in [0, 0.05) is 19.3 Å². The highest BCUT2D eigenvalue weighted by Crippen LogP contribution is 2.19. The maximum Gasteiger partial charge on any atom is 0.308 e. The van der Waals surface area contributed by atoms with Gasteiger partial charge in [0.2, 0.25) is 5.91 Å². The van der Waals surface area contributed by atoms with E-state index in [1.54, 1.807) is 10.9 Å². The molecule has 1 aliphatic heterocycles. The molecule has 0 spiro atoms. The van der Waals surface area contributed by atoms with Crippen molar-refractivity contribution < 1.29 is 14.3 Å². The maximum absolute atomic E-state index is 12.4. The monoisotopic (exact) mass is 327 g/mol. The lowest BCUT2D eigenvalue weighted by Gasteiger charge is -2.30. The van der Waals surface area contributed by atoms with Gasteiger partial charge >= 0.3 is 5.97 Å². The normalized spacial score (nSPS) is 15.3. The molecule has 1 fully saturated rings. The molecule has 1 aromatic carbocycles. The third-order valence-electron chi connectivity index (χ3n) is 4.39. The van der Waals surface area contributed by atoms with Gasteiger partial charge in [0.1, 0.15) is 0 Å². The van der Waals surface area contributed by atoms with Crippen LogP contribution in [0.2, 0.25) is 0 Å². The molecule has 0 unspecified atom stereocenters. The SMILES string of the molecule is COC(=O)C1CCN(C(=O)Cc2cnn(-c3ccccc3)c2)CC1. The minimum Gasteiger partial charge on any atom is -0.469 e. The van der Waals surface area contributed by atoms with Crippen LogP contribution in [-0.4, -0.2) is 46.8 Å². The van der Waals surface area contributed by atoms with Crippen molar-refractivity contribution in [1.82, 2.24) is 14.7 Å². The van der Waals surface area contributed by atoms with E-state index in [1.807, 2.05) is 41.4 Å². The van der Waals surface area contributed by atoms with Crippen molar-refractivity contribution in [2.45, 2.75) is 19.3 Å². The van der Waals surface area contributed by atoms with Gasteiger partial charge in [-0.05, 0) is 30.5 Å². The van der Waals surface area contributed by atoms with E-state index in [2.05, 4.69) is 5.10 Å². The van der Waals surface area contributed by atoms with Gasteiger partial charge in [-0.15, -0.1) is 0 Å². The topological polar surface area (TPSA) is 64.4 Å². The average molecular weight is 327 g/mol. The van der Waals surface area contributed by atoms with Crippen molar-refractivity contribution in [1.29, 1.82) is 0 Å². The number of hydrogen-bond donors (Lipinski definition) is 0. The molecule has 6 heteroatoms. The molecule has 0 aliphatic carbocycles. The second kappa shape index (κ2) is 7.29. The van der Waals surface area contributed by atoms with Crippen LogP contribution in [-0.2, 0) is 20.7 Å². The smallest absolute Gasteiger partial charge is 0.308 e. The lowest BCUT2D eigenvalue weighted by molar-refractivity contribution is -0.148. The standard InChI is InChI=1S/C18H21N3O3/c1-24-18(23)15-7-9-20(10-8-15)17(22)11-14-12-19-21(13-14)16-5-3-2-4-6-16/h2-6,12-13,15H,7-11H2,1H3. The Hall–Kier alpha value is -2.63. The van der Waals surface area contributed by atoms with Crippen molar-refractivity contribution in [3.05, 3.63) is 48.3 Å². The van der Waals surface area contributed by atoms with Crippen LogP contribution in [0.25, 0.3) is 5.69 Å². The van der Waals surface area contributed by atoms with E-state index in [-0.39, 0.29) is 17.8 Å². The number of nitrogens with zero attached hydrogens (tertiary/aromatic N) is 3. The lowest BCUT2D eigenvalue weighted by atomic mass is 9.96. The molecular weight excluding hydrogens is 306 g/mol. The summed E-state index contributed by atoms with van der Waals surface area (Å²) in [6.07, 6.45) is 5.28. The van der Waals surface area contributed by atoms with Crippen molar-refractivity contribution >= 4 is 11.9 Å². The second-order valence-electron chi connectivity index (χ2n) is 5.98. The average Bonchev–Trinajstić information content (AvgIpc) is 3.10. The fraction of sp³-hybridized carbons (Fsp3) is 0.389. The minimum absolute atomic E-state index is 0.0749. The molecular formula is C18H21N3O3. The molecule has 0 bridgehead atoms. The van der Waals surface area contributed by atoms with E-state index >= 15 is 0 Å². The number of aromatic nitrogens is 2. The zero-order valence-corrected chi connectivity index (χ0v) is 13.7. The number of methoxy groups -OCH3 is 1. The number of rotatable bonds is 4. The summed E-state index contributed by atoms with van der Waals surface area (Å²) in [5.74, 6) is -0.183. The van der Waals surface area contributed by atoms with Gasteiger partial charge in [-0.2, -0.15) is 5.10 Å². The van der Waals surface area contributed by atoms with E-state index in [9.17, 15) is 9.59 Å². The Kier molecular flexibility index (Phi) is 4.93. The first-order valence-electron chi connectivity index (χ1n) is 8.12. The van der Waals surface area contributed by atoms with Gasteiger partial charge in [-0.3, -0.25) is 9.59 Å². The van der Waals surface area contributed by atoms with E-state index in [0.717, 1.165) is 11.3 Å². The molecule has 3 rings (SSSR count). The fourth-order valence-corrected chi connectivity index (χ4v) is 2.99. The highest BCUT2D eigenvalue weighted by molar-refractivity contribution is 5.79. The Morgan fingerprint density at radius 3 is 2.58 bits per heavy atom. The molecule has 1 amide bonds. The third kappa shape index (κ3) is 3.64.